The fraction of sp³-hybridized carbons (Fsp3) is 0.389. The van der Waals surface area contributed by atoms with Crippen molar-refractivity contribution in [2.45, 2.75) is 25.8 Å². The van der Waals surface area contributed by atoms with Crippen molar-refractivity contribution in [3.05, 3.63) is 54.1 Å². The lowest BCUT2D eigenvalue weighted by Gasteiger charge is -2.31. The Labute approximate surface area is 140 Å². The van der Waals surface area contributed by atoms with E-state index >= 15 is 0 Å². The van der Waals surface area contributed by atoms with E-state index in [-0.39, 0.29) is 23.7 Å². The van der Waals surface area contributed by atoms with Crippen LogP contribution in [0.2, 0.25) is 0 Å². The van der Waals surface area contributed by atoms with Crippen molar-refractivity contribution >= 4 is 11.9 Å². The molecular weight excluding hydrogens is 307 g/mol. The molecule has 1 N–H and O–H groups in total. The summed E-state index contributed by atoms with van der Waals surface area (Å²) in [7, 11) is 0. The zero-order chi connectivity index (χ0) is 16.9. The number of hydrogen-bond donors (Lipinski definition) is 1. The predicted molar refractivity (Wildman–Crippen MR) is 89.9 cm³/mol. The summed E-state index contributed by atoms with van der Waals surface area (Å²) in [6, 6.07) is 7.99. The van der Waals surface area contributed by atoms with Gasteiger partial charge < -0.3 is 10.2 Å². The second-order valence-electron chi connectivity index (χ2n) is 6.06. The number of carbonyl (C=O) groups is 1. The van der Waals surface area contributed by atoms with Crippen LogP contribution in [0.3, 0.4) is 0 Å². The van der Waals surface area contributed by atoms with Gasteiger partial charge in [-0.05, 0) is 31.9 Å². The minimum absolute atomic E-state index is 0.0145. The van der Waals surface area contributed by atoms with Gasteiger partial charge in [-0.25, -0.2) is 14.4 Å². The third-order valence-electron chi connectivity index (χ3n) is 4.43. The maximum Gasteiger partial charge on any atom is 0.225 e. The van der Waals surface area contributed by atoms with Crippen LogP contribution in [0.15, 0.2) is 42.7 Å². The first-order chi connectivity index (χ1) is 11.6. The maximum absolute atomic E-state index is 13.8. The first-order valence-corrected chi connectivity index (χ1v) is 8.22. The molecule has 1 aromatic heterocycles. The molecule has 0 saturated carbocycles. The molecular formula is C18H21FN4O. The number of amides is 1. The van der Waals surface area contributed by atoms with E-state index in [4.69, 9.17) is 0 Å². The van der Waals surface area contributed by atoms with Crippen molar-refractivity contribution in [3.8, 4) is 0 Å². The summed E-state index contributed by atoms with van der Waals surface area (Å²) in [6.07, 6.45) is 4.93. The molecule has 2 heterocycles. The summed E-state index contributed by atoms with van der Waals surface area (Å²) < 4.78 is 13.8. The first-order valence-electron chi connectivity index (χ1n) is 8.22. The summed E-state index contributed by atoms with van der Waals surface area (Å²) in [4.78, 5) is 23.0. The number of aromatic nitrogens is 2. The Kier molecular flexibility index (Phi) is 5.03. The molecule has 24 heavy (non-hydrogen) atoms. The Morgan fingerprint density at radius 3 is 2.54 bits per heavy atom. The summed E-state index contributed by atoms with van der Waals surface area (Å²) in [5.41, 5.74) is 0.515. The second kappa shape index (κ2) is 7.38. The third kappa shape index (κ3) is 3.69. The fourth-order valence-corrected chi connectivity index (χ4v) is 3.03. The fourth-order valence-electron chi connectivity index (χ4n) is 3.03. The average Bonchev–Trinajstić information content (AvgIpc) is 2.63. The Morgan fingerprint density at radius 1 is 1.21 bits per heavy atom. The van der Waals surface area contributed by atoms with Gasteiger partial charge in [0.1, 0.15) is 5.82 Å². The third-order valence-corrected chi connectivity index (χ3v) is 4.43. The average molecular weight is 328 g/mol. The number of halogens is 1. The van der Waals surface area contributed by atoms with Gasteiger partial charge in [0.05, 0.1) is 6.04 Å². The molecule has 2 aromatic rings. The molecule has 5 nitrogen and oxygen atoms in total. The Bertz CT molecular complexity index is 686. The number of nitrogens with zero attached hydrogens (tertiary/aromatic N) is 3. The van der Waals surface area contributed by atoms with Crippen LogP contribution in [-0.2, 0) is 4.79 Å². The van der Waals surface area contributed by atoms with E-state index in [1.54, 1.807) is 36.7 Å². The molecule has 3 rings (SSSR count). The van der Waals surface area contributed by atoms with Crippen molar-refractivity contribution in [3.63, 3.8) is 0 Å². The Balaban J connectivity index is 1.55. The SMILES string of the molecule is C[C@H](NC(=O)C1CCN(c2ncccn2)CC1)c1ccccc1F. The lowest BCUT2D eigenvalue weighted by molar-refractivity contribution is -0.126. The zero-order valence-corrected chi connectivity index (χ0v) is 13.7. The van der Waals surface area contributed by atoms with Crippen LogP contribution in [0.25, 0.3) is 0 Å². The number of carbonyl (C=O) groups excluding carboxylic acids is 1. The van der Waals surface area contributed by atoms with Crippen molar-refractivity contribution in [1.82, 2.24) is 15.3 Å². The Hall–Kier alpha value is -2.50. The lowest BCUT2D eigenvalue weighted by Crippen LogP contribution is -2.41. The van der Waals surface area contributed by atoms with Crippen LogP contribution in [-0.4, -0.2) is 29.0 Å². The molecule has 0 unspecified atom stereocenters. The monoisotopic (exact) mass is 328 g/mol. The highest BCUT2D eigenvalue weighted by Gasteiger charge is 2.27. The van der Waals surface area contributed by atoms with Crippen molar-refractivity contribution in [1.29, 1.82) is 0 Å². The standard InChI is InChI=1S/C18H21FN4O/c1-13(15-5-2-3-6-16(15)19)22-17(24)14-7-11-23(12-8-14)18-20-9-4-10-21-18/h2-6,9-10,13-14H,7-8,11-12H2,1H3,(H,22,24)/t13-/m0/s1. The molecule has 1 aliphatic rings. The lowest BCUT2D eigenvalue weighted by atomic mass is 9.95. The normalized spacial score (nSPS) is 16.7. The highest BCUT2D eigenvalue weighted by atomic mass is 19.1. The maximum atomic E-state index is 13.8. The van der Waals surface area contributed by atoms with Gasteiger partial charge in [0.2, 0.25) is 11.9 Å². The molecule has 0 spiro atoms. The topological polar surface area (TPSA) is 58.1 Å². The molecule has 1 saturated heterocycles. The second-order valence-corrected chi connectivity index (χ2v) is 6.06. The number of piperidine rings is 1. The van der Waals surface area contributed by atoms with Crippen LogP contribution in [0.4, 0.5) is 10.3 Å². The van der Waals surface area contributed by atoms with E-state index in [2.05, 4.69) is 20.2 Å². The van der Waals surface area contributed by atoms with Gasteiger partial charge in [-0.15, -0.1) is 0 Å². The predicted octanol–water partition coefficient (Wildman–Crippen LogP) is 2.71. The Morgan fingerprint density at radius 2 is 1.88 bits per heavy atom. The van der Waals surface area contributed by atoms with Gasteiger partial charge in [0.25, 0.3) is 0 Å². The zero-order valence-electron chi connectivity index (χ0n) is 13.7. The van der Waals surface area contributed by atoms with Crippen LogP contribution in [0, 0.1) is 11.7 Å². The molecule has 1 aliphatic heterocycles. The number of anilines is 1. The molecule has 1 amide bonds. The summed E-state index contributed by atoms with van der Waals surface area (Å²) in [6.45, 7) is 3.30. The largest absolute Gasteiger partial charge is 0.349 e. The molecule has 0 bridgehead atoms. The van der Waals surface area contributed by atoms with Crippen LogP contribution < -0.4 is 10.2 Å². The molecule has 1 atom stereocenters. The van der Waals surface area contributed by atoms with Crippen LogP contribution >= 0.6 is 0 Å². The van der Waals surface area contributed by atoms with Gasteiger partial charge in [-0.3, -0.25) is 4.79 Å². The van der Waals surface area contributed by atoms with Crippen LogP contribution in [0.1, 0.15) is 31.4 Å². The molecule has 0 radical (unpaired) electrons. The highest BCUT2D eigenvalue weighted by Crippen LogP contribution is 2.22. The summed E-state index contributed by atoms with van der Waals surface area (Å²) in [5.74, 6) is 0.344. The van der Waals surface area contributed by atoms with Crippen molar-refractivity contribution in [2.24, 2.45) is 5.92 Å². The van der Waals surface area contributed by atoms with E-state index in [0.29, 0.717) is 11.5 Å². The number of hydrogen-bond acceptors (Lipinski definition) is 4. The summed E-state index contributed by atoms with van der Waals surface area (Å²) >= 11 is 0. The smallest absolute Gasteiger partial charge is 0.225 e. The van der Waals surface area contributed by atoms with Gasteiger partial charge >= 0.3 is 0 Å². The number of benzene rings is 1. The first kappa shape index (κ1) is 16.4. The van der Waals surface area contributed by atoms with E-state index in [0.717, 1.165) is 25.9 Å². The number of rotatable bonds is 4. The van der Waals surface area contributed by atoms with Crippen molar-refractivity contribution in [2.75, 3.05) is 18.0 Å². The summed E-state index contributed by atoms with van der Waals surface area (Å²) in [5, 5.41) is 2.93. The van der Waals surface area contributed by atoms with E-state index in [1.807, 2.05) is 6.92 Å². The van der Waals surface area contributed by atoms with E-state index in [9.17, 15) is 9.18 Å². The van der Waals surface area contributed by atoms with Gasteiger partial charge in [0.15, 0.2) is 0 Å². The molecule has 1 fully saturated rings. The molecule has 126 valence electrons. The number of nitrogens with one attached hydrogen (secondary N) is 1. The van der Waals surface area contributed by atoms with Gasteiger partial charge in [-0.1, -0.05) is 18.2 Å². The molecule has 1 aromatic carbocycles. The van der Waals surface area contributed by atoms with Gasteiger partial charge in [-0.2, -0.15) is 0 Å². The van der Waals surface area contributed by atoms with Crippen molar-refractivity contribution < 1.29 is 9.18 Å². The minimum Gasteiger partial charge on any atom is -0.349 e. The van der Waals surface area contributed by atoms with Gasteiger partial charge in [0, 0.05) is 37.0 Å². The van der Waals surface area contributed by atoms with Crippen LogP contribution in [0.5, 0.6) is 0 Å². The minimum atomic E-state index is -0.339. The highest BCUT2D eigenvalue weighted by molar-refractivity contribution is 5.79. The quantitative estimate of drug-likeness (QED) is 0.937. The van der Waals surface area contributed by atoms with E-state index in [1.165, 1.54) is 6.07 Å². The molecule has 6 heteroatoms. The van der Waals surface area contributed by atoms with E-state index < -0.39 is 0 Å². The molecule has 0 aliphatic carbocycles.